The van der Waals surface area contributed by atoms with Crippen LogP contribution in [0.1, 0.15) is 50.5 Å². The van der Waals surface area contributed by atoms with Crippen LogP contribution in [0.5, 0.6) is 0 Å². The van der Waals surface area contributed by atoms with Crippen LogP contribution in [0.15, 0.2) is 30.3 Å². The first-order chi connectivity index (χ1) is 9.81. The van der Waals surface area contributed by atoms with Gasteiger partial charge >= 0.3 is 0 Å². The van der Waals surface area contributed by atoms with Gasteiger partial charge in [-0.2, -0.15) is 0 Å². The van der Waals surface area contributed by atoms with E-state index in [4.69, 9.17) is 0 Å². The molecule has 110 valence electrons. The fourth-order valence-corrected chi connectivity index (χ4v) is 4.15. The third kappa shape index (κ3) is 2.77. The summed E-state index contributed by atoms with van der Waals surface area (Å²) in [5, 5.41) is 11.0. The van der Waals surface area contributed by atoms with Crippen LogP contribution in [0.25, 0.3) is 0 Å². The fraction of sp³-hybridized carbons (Fsp3) is 0.667. The van der Waals surface area contributed by atoms with Gasteiger partial charge in [0.15, 0.2) is 0 Å². The van der Waals surface area contributed by atoms with E-state index in [0.717, 1.165) is 19.4 Å². The van der Waals surface area contributed by atoms with Crippen molar-refractivity contribution in [2.24, 2.45) is 0 Å². The summed E-state index contributed by atoms with van der Waals surface area (Å²) in [5.74, 6) is 0. The summed E-state index contributed by atoms with van der Waals surface area (Å²) >= 11 is 0. The van der Waals surface area contributed by atoms with Gasteiger partial charge in [0.25, 0.3) is 0 Å². The SMILES string of the molecule is O[C@H](CN1CCCCC1)C1(c2ccccc2)CCCC1. The summed E-state index contributed by atoms with van der Waals surface area (Å²) in [7, 11) is 0. The standard InChI is InChI=1S/C18H27NO/c20-17(15-19-13-7-2-8-14-19)18(11-5-6-12-18)16-9-3-1-4-10-16/h1,3-4,9-10,17,20H,2,5-8,11-15H2/t17-/m1/s1. The minimum atomic E-state index is -0.217. The van der Waals surface area contributed by atoms with Crippen LogP contribution < -0.4 is 0 Å². The van der Waals surface area contributed by atoms with Gasteiger partial charge in [-0.05, 0) is 44.3 Å². The smallest absolute Gasteiger partial charge is 0.0763 e. The Morgan fingerprint density at radius 2 is 1.60 bits per heavy atom. The van der Waals surface area contributed by atoms with Crippen LogP contribution in [-0.4, -0.2) is 35.7 Å². The lowest BCUT2D eigenvalue weighted by molar-refractivity contribution is 0.0385. The van der Waals surface area contributed by atoms with Crippen molar-refractivity contribution < 1.29 is 5.11 Å². The summed E-state index contributed by atoms with van der Waals surface area (Å²) in [6.45, 7) is 3.19. The molecule has 1 saturated carbocycles. The number of hydrogen-bond donors (Lipinski definition) is 1. The van der Waals surface area contributed by atoms with Crippen LogP contribution in [0.2, 0.25) is 0 Å². The van der Waals surface area contributed by atoms with Crippen molar-refractivity contribution in [1.82, 2.24) is 4.90 Å². The molecule has 2 nitrogen and oxygen atoms in total. The summed E-state index contributed by atoms with van der Waals surface area (Å²) in [6.07, 6.45) is 8.54. The van der Waals surface area contributed by atoms with Gasteiger partial charge in [0.2, 0.25) is 0 Å². The zero-order valence-corrected chi connectivity index (χ0v) is 12.4. The number of aliphatic hydroxyl groups is 1. The van der Waals surface area contributed by atoms with Gasteiger partial charge < -0.3 is 10.0 Å². The molecule has 1 aliphatic heterocycles. The lowest BCUT2D eigenvalue weighted by atomic mass is 9.74. The average molecular weight is 273 g/mol. The third-order valence-electron chi connectivity index (χ3n) is 5.36. The Bertz CT molecular complexity index is 405. The van der Waals surface area contributed by atoms with Crippen LogP contribution >= 0.6 is 0 Å². The summed E-state index contributed by atoms with van der Waals surface area (Å²) in [4.78, 5) is 2.47. The molecule has 1 aliphatic carbocycles. The monoisotopic (exact) mass is 273 g/mol. The first-order valence-corrected chi connectivity index (χ1v) is 8.27. The minimum Gasteiger partial charge on any atom is -0.391 e. The van der Waals surface area contributed by atoms with Crippen LogP contribution in [0.3, 0.4) is 0 Å². The average Bonchev–Trinajstić information content (AvgIpc) is 3.00. The zero-order valence-electron chi connectivity index (χ0n) is 12.4. The van der Waals surface area contributed by atoms with E-state index in [1.165, 1.54) is 50.8 Å². The van der Waals surface area contributed by atoms with Gasteiger partial charge in [0.1, 0.15) is 0 Å². The maximum atomic E-state index is 11.0. The molecule has 1 heterocycles. The van der Waals surface area contributed by atoms with Gasteiger partial charge in [-0.25, -0.2) is 0 Å². The van der Waals surface area contributed by atoms with Crippen molar-refractivity contribution >= 4 is 0 Å². The number of β-amino-alcohol motifs (C(OH)–C–C–N with tert-alkyl or cyclic N) is 1. The number of aliphatic hydroxyl groups excluding tert-OH is 1. The molecule has 2 fully saturated rings. The highest BCUT2D eigenvalue weighted by Crippen LogP contribution is 2.44. The van der Waals surface area contributed by atoms with Crippen molar-refractivity contribution in [3.8, 4) is 0 Å². The summed E-state index contributed by atoms with van der Waals surface area (Å²) in [6, 6.07) is 10.7. The van der Waals surface area contributed by atoms with Crippen molar-refractivity contribution in [2.45, 2.75) is 56.5 Å². The van der Waals surface area contributed by atoms with E-state index in [1.807, 2.05) is 0 Å². The molecule has 1 aromatic rings. The second-order valence-electron chi connectivity index (χ2n) is 6.61. The minimum absolute atomic E-state index is 0.0126. The predicted octanol–water partition coefficient (Wildman–Crippen LogP) is 3.35. The Kier molecular flexibility index (Phi) is 4.42. The van der Waals surface area contributed by atoms with Crippen molar-refractivity contribution in [1.29, 1.82) is 0 Å². The van der Waals surface area contributed by atoms with E-state index in [0.29, 0.717) is 0 Å². The largest absolute Gasteiger partial charge is 0.391 e. The summed E-state index contributed by atoms with van der Waals surface area (Å²) < 4.78 is 0. The molecule has 1 N–H and O–H groups in total. The number of benzene rings is 1. The van der Waals surface area contributed by atoms with Crippen LogP contribution in [0.4, 0.5) is 0 Å². The number of piperidine rings is 1. The van der Waals surface area contributed by atoms with Crippen molar-refractivity contribution in [2.75, 3.05) is 19.6 Å². The van der Waals surface area contributed by atoms with E-state index in [1.54, 1.807) is 0 Å². The lowest BCUT2D eigenvalue weighted by Gasteiger charge is -2.38. The molecular formula is C18H27NO. The maximum Gasteiger partial charge on any atom is 0.0763 e. The molecule has 2 aliphatic rings. The third-order valence-corrected chi connectivity index (χ3v) is 5.36. The number of hydrogen-bond acceptors (Lipinski definition) is 2. The van der Waals surface area contributed by atoms with Gasteiger partial charge in [-0.1, -0.05) is 49.6 Å². The van der Waals surface area contributed by atoms with Crippen molar-refractivity contribution in [3.63, 3.8) is 0 Å². The van der Waals surface area contributed by atoms with Gasteiger partial charge in [0, 0.05) is 12.0 Å². The van der Waals surface area contributed by atoms with Crippen LogP contribution in [0, 0.1) is 0 Å². The molecule has 1 atom stereocenters. The van der Waals surface area contributed by atoms with E-state index < -0.39 is 0 Å². The van der Waals surface area contributed by atoms with E-state index in [2.05, 4.69) is 35.2 Å². The Morgan fingerprint density at radius 3 is 2.25 bits per heavy atom. The highest BCUT2D eigenvalue weighted by Gasteiger charge is 2.42. The topological polar surface area (TPSA) is 23.5 Å². The second kappa shape index (κ2) is 6.28. The molecule has 2 heteroatoms. The Labute approximate surface area is 122 Å². The molecule has 3 rings (SSSR count). The van der Waals surface area contributed by atoms with Crippen LogP contribution in [-0.2, 0) is 5.41 Å². The Balaban J connectivity index is 1.76. The predicted molar refractivity (Wildman–Crippen MR) is 82.9 cm³/mol. The second-order valence-corrected chi connectivity index (χ2v) is 6.61. The molecule has 20 heavy (non-hydrogen) atoms. The van der Waals surface area contributed by atoms with E-state index >= 15 is 0 Å². The first kappa shape index (κ1) is 14.1. The normalized spacial score (nSPS) is 24.6. The number of nitrogens with zero attached hydrogens (tertiary/aromatic N) is 1. The van der Waals surface area contributed by atoms with E-state index in [9.17, 15) is 5.11 Å². The lowest BCUT2D eigenvalue weighted by Crippen LogP contribution is -2.46. The number of likely N-dealkylation sites (tertiary alicyclic amines) is 1. The zero-order chi connectivity index (χ0) is 13.8. The highest BCUT2D eigenvalue weighted by molar-refractivity contribution is 5.28. The molecular weight excluding hydrogens is 246 g/mol. The molecule has 0 spiro atoms. The van der Waals surface area contributed by atoms with E-state index in [-0.39, 0.29) is 11.5 Å². The first-order valence-electron chi connectivity index (χ1n) is 8.27. The Hall–Kier alpha value is -0.860. The van der Waals surface area contributed by atoms with Gasteiger partial charge in [-0.3, -0.25) is 0 Å². The number of rotatable bonds is 4. The molecule has 0 amide bonds. The van der Waals surface area contributed by atoms with Crippen molar-refractivity contribution in [3.05, 3.63) is 35.9 Å². The molecule has 0 radical (unpaired) electrons. The van der Waals surface area contributed by atoms with Gasteiger partial charge in [0.05, 0.1) is 6.10 Å². The van der Waals surface area contributed by atoms with Gasteiger partial charge in [-0.15, -0.1) is 0 Å². The molecule has 0 bridgehead atoms. The Morgan fingerprint density at radius 1 is 0.950 bits per heavy atom. The maximum absolute atomic E-state index is 11.0. The quantitative estimate of drug-likeness (QED) is 0.909. The molecule has 0 aromatic heterocycles. The fourth-order valence-electron chi connectivity index (χ4n) is 4.15. The molecule has 0 unspecified atom stereocenters. The molecule has 1 aromatic carbocycles. The highest BCUT2D eigenvalue weighted by atomic mass is 16.3. The molecule has 1 saturated heterocycles. The summed E-state index contributed by atoms with van der Waals surface area (Å²) in [5.41, 5.74) is 1.36.